The largest absolute Gasteiger partial charge is 0.484 e. The first-order valence-corrected chi connectivity index (χ1v) is 10.4. The van der Waals surface area contributed by atoms with Crippen molar-refractivity contribution in [2.75, 3.05) is 25.0 Å². The number of ether oxygens (including phenoxy) is 1. The topological polar surface area (TPSA) is 75.7 Å². The van der Waals surface area contributed by atoms with Crippen molar-refractivity contribution in [2.24, 2.45) is 0 Å². The van der Waals surface area contributed by atoms with E-state index in [-0.39, 0.29) is 17.4 Å². The molecule has 0 atom stereocenters. The molecule has 0 fully saturated rings. The molecule has 0 aliphatic rings. The van der Waals surface area contributed by atoms with Gasteiger partial charge in [-0.15, -0.1) is 0 Å². The van der Waals surface area contributed by atoms with E-state index < -0.39 is 10.0 Å². The number of nitrogens with one attached hydrogen (secondary N) is 1. The van der Waals surface area contributed by atoms with Gasteiger partial charge >= 0.3 is 0 Å². The van der Waals surface area contributed by atoms with Crippen LogP contribution in [-0.4, -0.2) is 38.3 Å². The second-order valence-corrected chi connectivity index (χ2v) is 8.23. The SMILES string of the molecule is CCN(CC)S(=O)(=O)c1ccc(OCC(=O)Nc2cc(Cl)ccc2C)cc1. The quantitative estimate of drug-likeness (QED) is 0.720. The van der Waals surface area contributed by atoms with Crippen LogP contribution < -0.4 is 10.1 Å². The maximum absolute atomic E-state index is 12.4. The van der Waals surface area contributed by atoms with Crippen LogP contribution in [0.25, 0.3) is 0 Å². The molecule has 6 nitrogen and oxygen atoms in total. The maximum Gasteiger partial charge on any atom is 0.262 e. The minimum atomic E-state index is -3.51. The zero-order chi connectivity index (χ0) is 20.0. The van der Waals surface area contributed by atoms with Gasteiger partial charge in [0.05, 0.1) is 4.90 Å². The van der Waals surface area contributed by atoms with Gasteiger partial charge in [-0.2, -0.15) is 4.31 Å². The highest BCUT2D eigenvalue weighted by molar-refractivity contribution is 7.89. The second-order valence-electron chi connectivity index (χ2n) is 5.86. The van der Waals surface area contributed by atoms with Crippen LogP contribution in [0.15, 0.2) is 47.4 Å². The molecule has 0 heterocycles. The fraction of sp³-hybridized carbons (Fsp3) is 0.316. The lowest BCUT2D eigenvalue weighted by Gasteiger charge is -2.18. The fourth-order valence-electron chi connectivity index (χ4n) is 2.48. The highest BCUT2D eigenvalue weighted by atomic mass is 35.5. The standard InChI is InChI=1S/C19H23ClN2O4S/c1-4-22(5-2)27(24,25)17-10-8-16(9-11-17)26-13-19(23)21-18-12-15(20)7-6-14(18)3/h6-12H,4-5,13H2,1-3H3,(H,21,23). The minimum Gasteiger partial charge on any atom is -0.484 e. The van der Waals surface area contributed by atoms with Crippen LogP contribution in [0, 0.1) is 6.92 Å². The molecule has 0 spiro atoms. The maximum atomic E-state index is 12.4. The Kier molecular flexibility index (Phi) is 7.24. The van der Waals surface area contributed by atoms with E-state index in [1.807, 2.05) is 13.0 Å². The van der Waals surface area contributed by atoms with E-state index >= 15 is 0 Å². The normalized spacial score (nSPS) is 11.4. The van der Waals surface area contributed by atoms with Crippen molar-refractivity contribution in [3.05, 3.63) is 53.1 Å². The molecule has 0 bridgehead atoms. The van der Waals surface area contributed by atoms with Gasteiger partial charge in [0.2, 0.25) is 10.0 Å². The molecule has 0 aliphatic heterocycles. The summed E-state index contributed by atoms with van der Waals surface area (Å²) in [7, 11) is -3.51. The Morgan fingerprint density at radius 3 is 2.33 bits per heavy atom. The summed E-state index contributed by atoms with van der Waals surface area (Å²) in [5.74, 6) is 0.0756. The number of rotatable bonds is 8. The number of anilines is 1. The number of benzene rings is 2. The van der Waals surface area contributed by atoms with Crippen molar-refractivity contribution in [1.29, 1.82) is 0 Å². The molecule has 0 saturated heterocycles. The zero-order valence-electron chi connectivity index (χ0n) is 15.5. The number of sulfonamides is 1. The monoisotopic (exact) mass is 410 g/mol. The van der Waals surface area contributed by atoms with Crippen LogP contribution in [0.3, 0.4) is 0 Å². The Morgan fingerprint density at radius 2 is 1.74 bits per heavy atom. The summed E-state index contributed by atoms with van der Waals surface area (Å²) in [5, 5.41) is 3.27. The molecule has 0 radical (unpaired) electrons. The summed E-state index contributed by atoms with van der Waals surface area (Å²) in [6.07, 6.45) is 0. The first-order valence-electron chi connectivity index (χ1n) is 8.57. The van der Waals surface area contributed by atoms with Gasteiger partial charge in [-0.05, 0) is 48.9 Å². The van der Waals surface area contributed by atoms with Crippen molar-refractivity contribution in [3.8, 4) is 5.75 Å². The second kappa shape index (κ2) is 9.21. The lowest BCUT2D eigenvalue weighted by Crippen LogP contribution is -2.30. The van der Waals surface area contributed by atoms with Crippen LogP contribution in [0.4, 0.5) is 5.69 Å². The number of hydrogen-bond acceptors (Lipinski definition) is 4. The number of nitrogens with zero attached hydrogens (tertiary/aromatic N) is 1. The van der Waals surface area contributed by atoms with Gasteiger partial charge in [0.25, 0.3) is 5.91 Å². The van der Waals surface area contributed by atoms with Gasteiger partial charge in [-0.3, -0.25) is 4.79 Å². The summed E-state index contributed by atoms with van der Waals surface area (Å²) in [6, 6.07) is 11.2. The highest BCUT2D eigenvalue weighted by Gasteiger charge is 2.21. The van der Waals surface area contributed by atoms with E-state index in [4.69, 9.17) is 16.3 Å². The Hall–Kier alpha value is -2.09. The molecular weight excluding hydrogens is 388 g/mol. The molecule has 2 rings (SSSR count). The van der Waals surface area contributed by atoms with Gasteiger partial charge in [-0.25, -0.2) is 8.42 Å². The van der Waals surface area contributed by atoms with Gasteiger partial charge in [0.15, 0.2) is 6.61 Å². The van der Waals surface area contributed by atoms with Gasteiger partial charge in [-0.1, -0.05) is 31.5 Å². The lowest BCUT2D eigenvalue weighted by atomic mass is 10.2. The van der Waals surface area contributed by atoms with E-state index in [2.05, 4.69) is 5.32 Å². The molecule has 2 aromatic carbocycles. The van der Waals surface area contributed by atoms with Gasteiger partial charge in [0.1, 0.15) is 5.75 Å². The Labute approximate surface area is 165 Å². The Balaban J connectivity index is 1.99. The molecule has 0 aliphatic carbocycles. The van der Waals surface area contributed by atoms with E-state index in [1.54, 1.807) is 26.0 Å². The number of hydrogen-bond donors (Lipinski definition) is 1. The highest BCUT2D eigenvalue weighted by Crippen LogP contribution is 2.21. The van der Waals surface area contributed by atoms with Gasteiger partial charge < -0.3 is 10.1 Å². The van der Waals surface area contributed by atoms with Crippen LogP contribution in [-0.2, 0) is 14.8 Å². The van der Waals surface area contributed by atoms with Crippen LogP contribution in [0.1, 0.15) is 19.4 Å². The third-order valence-corrected chi connectivity index (χ3v) is 6.31. The summed E-state index contributed by atoms with van der Waals surface area (Å²) < 4.78 is 31.7. The van der Waals surface area contributed by atoms with Gasteiger partial charge in [0, 0.05) is 23.8 Å². The number of amides is 1. The minimum absolute atomic E-state index is 0.192. The molecule has 0 aromatic heterocycles. The van der Waals surface area contributed by atoms with Crippen LogP contribution in [0.5, 0.6) is 5.75 Å². The average Bonchev–Trinajstić information content (AvgIpc) is 2.64. The third-order valence-electron chi connectivity index (χ3n) is 4.01. The van der Waals surface area contributed by atoms with E-state index in [1.165, 1.54) is 28.6 Å². The number of halogens is 1. The van der Waals surface area contributed by atoms with E-state index in [0.29, 0.717) is 29.5 Å². The molecular formula is C19H23ClN2O4S. The molecule has 0 unspecified atom stereocenters. The Morgan fingerprint density at radius 1 is 1.11 bits per heavy atom. The van der Waals surface area contributed by atoms with Crippen molar-refractivity contribution >= 4 is 33.2 Å². The number of carbonyl (C=O) groups is 1. The third kappa shape index (κ3) is 5.45. The smallest absolute Gasteiger partial charge is 0.262 e. The summed E-state index contributed by atoms with van der Waals surface area (Å²) >= 11 is 5.93. The molecule has 1 amide bonds. The molecule has 27 heavy (non-hydrogen) atoms. The van der Waals surface area contributed by atoms with Crippen molar-refractivity contribution in [3.63, 3.8) is 0 Å². The van der Waals surface area contributed by atoms with Crippen molar-refractivity contribution in [1.82, 2.24) is 4.31 Å². The molecule has 1 N–H and O–H groups in total. The average molecular weight is 411 g/mol. The predicted molar refractivity (Wildman–Crippen MR) is 107 cm³/mol. The number of carbonyl (C=O) groups excluding carboxylic acids is 1. The van der Waals surface area contributed by atoms with Crippen molar-refractivity contribution in [2.45, 2.75) is 25.7 Å². The summed E-state index contributed by atoms with van der Waals surface area (Å²) in [6.45, 7) is 6.05. The summed E-state index contributed by atoms with van der Waals surface area (Å²) in [4.78, 5) is 12.3. The first-order chi connectivity index (χ1) is 12.8. The molecule has 0 saturated carbocycles. The molecule has 2 aromatic rings. The van der Waals surface area contributed by atoms with E-state index in [0.717, 1.165) is 5.56 Å². The fourth-order valence-corrected chi connectivity index (χ4v) is 4.11. The van der Waals surface area contributed by atoms with Crippen LogP contribution >= 0.6 is 11.6 Å². The Bertz CT molecular complexity index is 894. The predicted octanol–water partition coefficient (Wildman–Crippen LogP) is 3.70. The molecule has 8 heteroatoms. The van der Waals surface area contributed by atoms with Crippen LogP contribution in [0.2, 0.25) is 5.02 Å². The molecule has 146 valence electrons. The van der Waals surface area contributed by atoms with Crippen molar-refractivity contribution < 1.29 is 17.9 Å². The number of aryl methyl sites for hydroxylation is 1. The van der Waals surface area contributed by atoms with E-state index in [9.17, 15) is 13.2 Å². The summed E-state index contributed by atoms with van der Waals surface area (Å²) in [5.41, 5.74) is 1.51. The zero-order valence-corrected chi connectivity index (χ0v) is 17.1. The first kappa shape index (κ1) is 21.2. The lowest BCUT2D eigenvalue weighted by molar-refractivity contribution is -0.118.